The molecule has 1 N–H and O–H groups in total. The molecule has 0 aliphatic carbocycles. The van der Waals surface area contributed by atoms with Gasteiger partial charge in [-0.1, -0.05) is 6.92 Å². The highest BCUT2D eigenvalue weighted by Gasteiger charge is 2.36. The Morgan fingerprint density at radius 3 is 2.78 bits per heavy atom. The number of ether oxygens (including phenoxy) is 1. The van der Waals surface area contributed by atoms with Crippen molar-refractivity contribution in [1.82, 2.24) is 4.98 Å². The van der Waals surface area contributed by atoms with Crippen molar-refractivity contribution in [3.63, 3.8) is 0 Å². The molecule has 7 heteroatoms. The zero-order chi connectivity index (χ0) is 16.8. The summed E-state index contributed by atoms with van der Waals surface area (Å²) in [6.45, 7) is 5.03. The molecular weight excluding hydrogens is 309 g/mol. The van der Waals surface area contributed by atoms with Crippen molar-refractivity contribution < 1.29 is 17.9 Å². The fourth-order valence-electron chi connectivity index (χ4n) is 3.02. The normalized spacial score (nSPS) is 18.0. The zero-order valence-corrected chi connectivity index (χ0v) is 12.8. The number of H-pyrrole nitrogens is 1. The van der Waals surface area contributed by atoms with Crippen molar-refractivity contribution >= 4 is 16.6 Å². The highest BCUT2D eigenvalue weighted by molar-refractivity contribution is 5.94. The highest BCUT2D eigenvalue weighted by atomic mass is 19.4. The molecule has 0 fully saturated rings. The number of nitrogens with one attached hydrogen (secondary N) is 1. The molecule has 1 aliphatic heterocycles. The Labute approximate surface area is 130 Å². The lowest BCUT2D eigenvalue weighted by Gasteiger charge is -2.37. The van der Waals surface area contributed by atoms with E-state index in [0.29, 0.717) is 18.4 Å². The van der Waals surface area contributed by atoms with Gasteiger partial charge in [-0.25, -0.2) is 0 Å². The molecule has 1 aromatic carbocycles. The number of hydrogen-bond acceptors (Lipinski definition) is 3. The lowest BCUT2D eigenvalue weighted by Crippen LogP contribution is -2.41. The van der Waals surface area contributed by atoms with Gasteiger partial charge in [0.25, 0.3) is 0 Å². The molecule has 1 aliphatic rings. The van der Waals surface area contributed by atoms with Crippen molar-refractivity contribution in [2.75, 3.05) is 18.1 Å². The third-order valence-corrected chi connectivity index (χ3v) is 4.02. The summed E-state index contributed by atoms with van der Waals surface area (Å²) in [6.07, 6.45) is -3.75. The Bertz CT molecular complexity index is 798. The van der Waals surface area contributed by atoms with E-state index < -0.39 is 17.3 Å². The summed E-state index contributed by atoms with van der Waals surface area (Å²) in [6, 6.07) is 3.89. The third-order valence-electron chi connectivity index (χ3n) is 4.02. The molecule has 0 unspecified atom stereocenters. The molecule has 4 nitrogen and oxygen atoms in total. The van der Waals surface area contributed by atoms with E-state index in [-0.39, 0.29) is 22.7 Å². The number of hydrogen-bond donors (Lipinski definition) is 1. The number of halogens is 3. The average Bonchev–Trinajstić information content (AvgIpc) is 2.47. The van der Waals surface area contributed by atoms with Crippen LogP contribution in [-0.4, -0.2) is 24.2 Å². The van der Waals surface area contributed by atoms with Crippen molar-refractivity contribution in [3.05, 3.63) is 34.1 Å². The van der Waals surface area contributed by atoms with Gasteiger partial charge in [-0.3, -0.25) is 4.79 Å². The van der Waals surface area contributed by atoms with E-state index >= 15 is 0 Å². The molecule has 124 valence electrons. The smallest absolute Gasteiger partial charge is 0.417 e. The molecule has 23 heavy (non-hydrogen) atoms. The summed E-state index contributed by atoms with van der Waals surface area (Å²) in [7, 11) is 0. The van der Waals surface area contributed by atoms with Crippen molar-refractivity contribution in [2.45, 2.75) is 32.5 Å². The van der Waals surface area contributed by atoms with Gasteiger partial charge < -0.3 is 14.6 Å². The van der Waals surface area contributed by atoms with Gasteiger partial charge >= 0.3 is 6.18 Å². The molecule has 0 spiro atoms. The Hall–Kier alpha value is -2.18. The standard InChI is InChI=1S/C16H17F3N2O2/c1-3-6-21-9(2)8-23-15-12(21)5-4-11-14(15)10(16(17,18)19)7-13(22)20-11/h4-5,7,9H,3,6,8H2,1-2H3,(H,20,22)/t9-/m1/s1. The maximum atomic E-state index is 13.4. The van der Waals surface area contributed by atoms with Gasteiger partial charge in [0.05, 0.1) is 28.2 Å². The van der Waals surface area contributed by atoms with Gasteiger partial charge in [0.2, 0.25) is 5.56 Å². The van der Waals surface area contributed by atoms with Crippen LogP contribution in [0.15, 0.2) is 23.0 Å². The van der Waals surface area contributed by atoms with Gasteiger partial charge in [-0.2, -0.15) is 13.2 Å². The number of benzene rings is 1. The summed E-state index contributed by atoms with van der Waals surface area (Å²) < 4.78 is 45.7. The molecule has 3 rings (SSSR count). The first kappa shape index (κ1) is 15.7. The lowest BCUT2D eigenvalue weighted by atomic mass is 10.0. The van der Waals surface area contributed by atoms with E-state index in [0.717, 1.165) is 13.0 Å². The summed E-state index contributed by atoms with van der Waals surface area (Å²) in [5, 5.41) is -0.0809. The van der Waals surface area contributed by atoms with Crippen LogP contribution in [0.4, 0.5) is 18.9 Å². The molecule has 0 saturated heterocycles. The Kier molecular flexibility index (Phi) is 3.74. The summed E-state index contributed by atoms with van der Waals surface area (Å²) in [4.78, 5) is 16.0. The maximum Gasteiger partial charge on any atom is 0.417 e. The molecule has 1 atom stereocenters. The highest BCUT2D eigenvalue weighted by Crippen LogP contribution is 2.44. The van der Waals surface area contributed by atoms with Crippen molar-refractivity contribution in [2.24, 2.45) is 0 Å². The summed E-state index contributed by atoms with van der Waals surface area (Å²) in [5.74, 6) is 0.192. The zero-order valence-electron chi connectivity index (χ0n) is 12.8. The van der Waals surface area contributed by atoms with Crippen LogP contribution in [0.2, 0.25) is 0 Å². The number of nitrogens with zero attached hydrogens (tertiary/aromatic N) is 1. The topological polar surface area (TPSA) is 45.3 Å². The fourth-order valence-corrected chi connectivity index (χ4v) is 3.02. The van der Waals surface area contributed by atoms with E-state index in [4.69, 9.17) is 4.74 Å². The van der Waals surface area contributed by atoms with Gasteiger partial charge in [0, 0.05) is 12.6 Å². The van der Waals surface area contributed by atoms with E-state index in [1.54, 1.807) is 6.07 Å². The van der Waals surface area contributed by atoms with Gasteiger partial charge in [0.1, 0.15) is 6.61 Å². The predicted octanol–water partition coefficient (Wildman–Crippen LogP) is 3.54. The SMILES string of the molecule is CCCN1c2ccc3[nH]c(=O)cc(C(F)(F)F)c3c2OC[C@H]1C. The van der Waals surface area contributed by atoms with Crippen LogP contribution < -0.4 is 15.2 Å². The maximum absolute atomic E-state index is 13.4. The van der Waals surface area contributed by atoms with Gasteiger partial charge in [0.15, 0.2) is 5.75 Å². The predicted molar refractivity (Wildman–Crippen MR) is 82.2 cm³/mol. The van der Waals surface area contributed by atoms with Crippen molar-refractivity contribution in [3.8, 4) is 5.75 Å². The monoisotopic (exact) mass is 326 g/mol. The quantitative estimate of drug-likeness (QED) is 0.918. The minimum absolute atomic E-state index is 0.0806. The molecule has 2 heterocycles. The van der Waals surface area contributed by atoms with Crippen LogP contribution in [0, 0.1) is 0 Å². The second-order valence-electron chi connectivity index (χ2n) is 5.73. The number of fused-ring (bicyclic) bond motifs is 3. The molecule has 0 bridgehead atoms. The van der Waals surface area contributed by atoms with Gasteiger partial charge in [-0.15, -0.1) is 0 Å². The number of aromatic nitrogens is 1. The lowest BCUT2D eigenvalue weighted by molar-refractivity contribution is -0.136. The third kappa shape index (κ3) is 2.64. The van der Waals surface area contributed by atoms with Crippen LogP contribution in [-0.2, 0) is 6.18 Å². The second-order valence-corrected chi connectivity index (χ2v) is 5.73. The Morgan fingerprint density at radius 1 is 1.39 bits per heavy atom. The Morgan fingerprint density at radius 2 is 2.13 bits per heavy atom. The first-order valence-electron chi connectivity index (χ1n) is 7.49. The minimum atomic E-state index is -4.62. The number of aromatic amines is 1. The number of pyridine rings is 1. The summed E-state index contributed by atoms with van der Waals surface area (Å²) >= 11 is 0. The second kappa shape index (κ2) is 5.47. The Balaban J connectivity index is 2.33. The number of rotatable bonds is 2. The van der Waals surface area contributed by atoms with Crippen LogP contribution in [0.5, 0.6) is 5.75 Å². The van der Waals surface area contributed by atoms with E-state index in [1.807, 2.05) is 18.7 Å². The van der Waals surface area contributed by atoms with E-state index in [1.165, 1.54) is 6.07 Å². The first-order valence-corrected chi connectivity index (χ1v) is 7.49. The minimum Gasteiger partial charge on any atom is -0.489 e. The number of alkyl halides is 3. The first-order chi connectivity index (χ1) is 10.8. The van der Waals surface area contributed by atoms with E-state index in [2.05, 4.69) is 4.98 Å². The molecule has 0 radical (unpaired) electrons. The molecule has 1 aromatic heterocycles. The van der Waals surface area contributed by atoms with Crippen LogP contribution in [0.1, 0.15) is 25.8 Å². The molecular formula is C16H17F3N2O2. The fraction of sp³-hybridized carbons (Fsp3) is 0.438. The molecule has 0 saturated carbocycles. The molecule has 0 amide bonds. The van der Waals surface area contributed by atoms with E-state index in [9.17, 15) is 18.0 Å². The molecule has 2 aromatic rings. The largest absolute Gasteiger partial charge is 0.489 e. The average molecular weight is 326 g/mol. The van der Waals surface area contributed by atoms with Crippen molar-refractivity contribution in [1.29, 1.82) is 0 Å². The van der Waals surface area contributed by atoms with Crippen LogP contribution >= 0.6 is 0 Å². The van der Waals surface area contributed by atoms with Crippen LogP contribution in [0.25, 0.3) is 10.9 Å². The number of anilines is 1. The van der Waals surface area contributed by atoms with Crippen LogP contribution in [0.3, 0.4) is 0 Å². The van der Waals surface area contributed by atoms with Gasteiger partial charge in [-0.05, 0) is 25.5 Å². The summed E-state index contributed by atoms with van der Waals surface area (Å²) in [5.41, 5.74) is -0.969.